The molecular formula is C15H19NO5. The lowest BCUT2D eigenvalue weighted by molar-refractivity contribution is -0.148. The molecule has 0 aromatic heterocycles. The molecule has 2 N–H and O–H groups in total. The SMILES string of the molecule is COc1ccc(OC)c2c1CC[C@@](NC(C)=O)(C(=O)O)C2. The van der Waals surface area contributed by atoms with Crippen molar-refractivity contribution in [1.82, 2.24) is 5.32 Å². The van der Waals surface area contributed by atoms with E-state index in [1.54, 1.807) is 13.2 Å². The first-order valence-corrected chi connectivity index (χ1v) is 6.68. The monoisotopic (exact) mass is 293 g/mol. The Morgan fingerprint density at radius 1 is 1.19 bits per heavy atom. The Morgan fingerprint density at radius 2 is 1.76 bits per heavy atom. The summed E-state index contributed by atoms with van der Waals surface area (Å²) in [6.07, 6.45) is 0.998. The number of amides is 1. The first-order chi connectivity index (χ1) is 9.93. The van der Waals surface area contributed by atoms with Crippen LogP contribution in [0.1, 0.15) is 24.5 Å². The van der Waals surface area contributed by atoms with Crippen molar-refractivity contribution in [2.45, 2.75) is 31.7 Å². The fourth-order valence-corrected chi connectivity index (χ4v) is 2.91. The molecule has 1 aliphatic rings. The number of nitrogens with one attached hydrogen (secondary N) is 1. The molecule has 6 heteroatoms. The normalized spacial score (nSPS) is 20.3. The topological polar surface area (TPSA) is 84.9 Å². The van der Waals surface area contributed by atoms with Gasteiger partial charge < -0.3 is 19.9 Å². The van der Waals surface area contributed by atoms with Crippen LogP contribution in [-0.4, -0.2) is 36.7 Å². The summed E-state index contributed by atoms with van der Waals surface area (Å²) in [4.78, 5) is 23.1. The van der Waals surface area contributed by atoms with Crippen molar-refractivity contribution in [2.75, 3.05) is 14.2 Å². The second-order valence-corrected chi connectivity index (χ2v) is 5.17. The molecule has 0 aliphatic heterocycles. The molecule has 114 valence electrons. The summed E-state index contributed by atoms with van der Waals surface area (Å²) in [6, 6.07) is 3.56. The predicted octanol–water partition coefficient (Wildman–Crippen LogP) is 1.15. The molecule has 0 heterocycles. The largest absolute Gasteiger partial charge is 0.496 e. The van der Waals surface area contributed by atoms with Crippen molar-refractivity contribution >= 4 is 11.9 Å². The summed E-state index contributed by atoms with van der Waals surface area (Å²) in [5, 5.41) is 12.2. The van der Waals surface area contributed by atoms with Gasteiger partial charge in [-0.15, -0.1) is 0 Å². The lowest BCUT2D eigenvalue weighted by Crippen LogP contribution is -2.57. The zero-order chi connectivity index (χ0) is 15.6. The van der Waals surface area contributed by atoms with E-state index in [1.807, 2.05) is 6.07 Å². The van der Waals surface area contributed by atoms with Gasteiger partial charge in [0.25, 0.3) is 0 Å². The van der Waals surface area contributed by atoms with E-state index in [4.69, 9.17) is 9.47 Å². The number of carbonyl (C=O) groups is 2. The molecule has 1 aromatic carbocycles. The zero-order valence-electron chi connectivity index (χ0n) is 12.4. The van der Waals surface area contributed by atoms with Gasteiger partial charge in [-0.05, 0) is 25.0 Å². The number of carbonyl (C=O) groups excluding carboxylic acids is 1. The van der Waals surface area contributed by atoms with Crippen LogP contribution in [0.25, 0.3) is 0 Å². The highest BCUT2D eigenvalue weighted by molar-refractivity contribution is 5.87. The van der Waals surface area contributed by atoms with Crippen LogP contribution >= 0.6 is 0 Å². The average Bonchev–Trinajstić information content (AvgIpc) is 2.45. The van der Waals surface area contributed by atoms with Crippen molar-refractivity contribution in [2.24, 2.45) is 0 Å². The predicted molar refractivity (Wildman–Crippen MR) is 75.8 cm³/mol. The molecular weight excluding hydrogens is 274 g/mol. The van der Waals surface area contributed by atoms with Crippen LogP contribution in [0.4, 0.5) is 0 Å². The standard InChI is InChI=1S/C15H19NO5/c1-9(17)16-15(14(18)19)7-6-10-11(8-15)13(21-3)5-4-12(10)20-2/h4-5H,6-8H2,1-3H3,(H,16,17)(H,18,19)/t15-/m0/s1. The molecule has 0 saturated carbocycles. The smallest absolute Gasteiger partial charge is 0.329 e. The molecule has 0 spiro atoms. The van der Waals surface area contributed by atoms with E-state index in [-0.39, 0.29) is 12.3 Å². The summed E-state index contributed by atoms with van der Waals surface area (Å²) in [5.41, 5.74) is 0.427. The quantitative estimate of drug-likeness (QED) is 0.870. The van der Waals surface area contributed by atoms with Gasteiger partial charge in [0.1, 0.15) is 17.0 Å². The van der Waals surface area contributed by atoms with Gasteiger partial charge in [0.15, 0.2) is 0 Å². The third-order valence-electron chi connectivity index (χ3n) is 3.89. The van der Waals surface area contributed by atoms with Gasteiger partial charge in [-0.3, -0.25) is 4.79 Å². The van der Waals surface area contributed by atoms with Crippen molar-refractivity contribution in [3.05, 3.63) is 23.3 Å². The summed E-state index contributed by atoms with van der Waals surface area (Å²) in [5.74, 6) is -0.0648. The van der Waals surface area contributed by atoms with E-state index >= 15 is 0 Å². The van der Waals surface area contributed by atoms with E-state index < -0.39 is 11.5 Å². The van der Waals surface area contributed by atoms with Crippen LogP contribution < -0.4 is 14.8 Å². The van der Waals surface area contributed by atoms with E-state index in [0.29, 0.717) is 24.3 Å². The molecule has 1 atom stereocenters. The van der Waals surface area contributed by atoms with E-state index in [2.05, 4.69) is 5.32 Å². The maximum atomic E-state index is 11.7. The molecule has 0 radical (unpaired) electrons. The van der Waals surface area contributed by atoms with Crippen LogP contribution in [0.5, 0.6) is 11.5 Å². The molecule has 21 heavy (non-hydrogen) atoms. The number of carboxylic acids is 1. The van der Waals surface area contributed by atoms with Gasteiger partial charge in [-0.25, -0.2) is 4.79 Å². The Balaban J connectivity index is 2.50. The lowest BCUT2D eigenvalue weighted by atomic mass is 9.77. The molecule has 0 unspecified atom stereocenters. The van der Waals surface area contributed by atoms with Crippen LogP contribution in [0.2, 0.25) is 0 Å². The Bertz CT molecular complexity index is 584. The van der Waals surface area contributed by atoms with Crippen molar-refractivity contribution in [3.63, 3.8) is 0 Å². The molecule has 0 saturated heterocycles. The minimum Gasteiger partial charge on any atom is -0.496 e. The van der Waals surface area contributed by atoms with Gasteiger partial charge in [0.2, 0.25) is 5.91 Å². The highest BCUT2D eigenvalue weighted by Crippen LogP contribution is 2.39. The number of hydrogen-bond acceptors (Lipinski definition) is 4. The Kier molecular flexibility index (Phi) is 4.06. The first kappa shape index (κ1) is 15.2. The highest BCUT2D eigenvalue weighted by Gasteiger charge is 2.44. The van der Waals surface area contributed by atoms with Crippen LogP contribution in [0.15, 0.2) is 12.1 Å². The van der Waals surface area contributed by atoms with E-state index in [0.717, 1.165) is 11.1 Å². The van der Waals surface area contributed by atoms with Gasteiger partial charge >= 0.3 is 5.97 Å². The number of benzene rings is 1. The van der Waals surface area contributed by atoms with Crippen molar-refractivity contribution in [3.8, 4) is 11.5 Å². The highest BCUT2D eigenvalue weighted by atomic mass is 16.5. The Hall–Kier alpha value is -2.24. The summed E-state index contributed by atoms with van der Waals surface area (Å²) >= 11 is 0. The molecule has 1 aromatic rings. The fourth-order valence-electron chi connectivity index (χ4n) is 2.91. The molecule has 1 aliphatic carbocycles. The van der Waals surface area contributed by atoms with Crippen LogP contribution in [-0.2, 0) is 22.4 Å². The number of ether oxygens (including phenoxy) is 2. The van der Waals surface area contributed by atoms with Crippen molar-refractivity contribution < 1.29 is 24.2 Å². The number of methoxy groups -OCH3 is 2. The first-order valence-electron chi connectivity index (χ1n) is 6.68. The molecule has 0 fully saturated rings. The second kappa shape index (κ2) is 5.63. The van der Waals surface area contributed by atoms with Gasteiger partial charge in [-0.1, -0.05) is 0 Å². The maximum absolute atomic E-state index is 11.7. The second-order valence-electron chi connectivity index (χ2n) is 5.17. The van der Waals surface area contributed by atoms with Crippen LogP contribution in [0.3, 0.4) is 0 Å². The lowest BCUT2D eigenvalue weighted by Gasteiger charge is -2.36. The van der Waals surface area contributed by atoms with Gasteiger partial charge in [-0.2, -0.15) is 0 Å². The number of aliphatic carboxylic acids is 1. The summed E-state index contributed by atoms with van der Waals surface area (Å²) in [7, 11) is 3.12. The number of hydrogen-bond donors (Lipinski definition) is 2. The minimum absolute atomic E-state index is 0.178. The Morgan fingerprint density at radius 3 is 2.24 bits per heavy atom. The van der Waals surface area contributed by atoms with E-state index in [9.17, 15) is 14.7 Å². The number of fused-ring (bicyclic) bond motifs is 1. The number of rotatable bonds is 4. The maximum Gasteiger partial charge on any atom is 0.329 e. The minimum atomic E-state index is -1.29. The van der Waals surface area contributed by atoms with Gasteiger partial charge in [0, 0.05) is 24.5 Å². The van der Waals surface area contributed by atoms with Crippen LogP contribution in [0, 0.1) is 0 Å². The molecule has 6 nitrogen and oxygen atoms in total. The third kappa shape index (κ3) is 2.66. The van der Waals surface area contributed by atoms with Crippen molar-refractivity contribution in [1.29, 1.82) is 0 Å². The Labute approximate surface area is 123 Å². The zero-order valence-corrected chi connectivity index (χ0v) is 12.4. The summed E-state index contributed by atoms with van der Waals surface area (Å²) in [6.45, 7) is 1.32. The summed E-state index contributed by atoms with van der Waals surface area (Å²) < 4.78 is 10.7. The molecule has 2 rings (SSSR count). The average molecular weight is 293 g/mol. The molecule has 0 bridgehead atoms. The third-order valence-corrected chi connectivity index (χ3v) is 3.89. The molecule has 1 amide bonds. The van der Waals surface area contributed by atoms with Gasteiger partial charge in [0.05, 0.1) is 14.2 Å². The number of carboxylic acid groups (broad SMARTS) is 1. The fraction of sp³-hybridized carbons (Fsp3) is 0.467. The van der Waals surface area contributed by atoms with E-state index in [1.165, 1.54) is 14.0 Å².